The number of amides is 2. The molecular weight excluding hydrogens is 302 g/mol. The van der Waals surface area contributed by atoms with Crippen LogP contribution in [0.5, 0.6) is 0 Å². The quantitative estimate of drug-likeness (QED) is 0.777. The van der Waals surface area contributed by atoms with Crippen molar-refractivity contribution in [3.05, 3.63) is 29.8 Å². The standard InChI is InChI=1S/C19H29N3O2/c1-19(2,3)22-18(24)15-6-4-5-7-16(15)21-17(23)9-8-14-10-12-20-13-11-14/h4-7,14,20H,8-13H2,1-3H3,(H,21,23)(H,22,24). The lowest BCUT2D eigenvalue weighted by molar-refractivity contribution is -0.116. The van der Waals surface area contributed by atoms with Crippen LogP contribution < -0.4 is 16.0 Å². The molecule has 2 rings (SSSR count). The van der Waals surface area contributed by atoms with Crippen molar-refractivity contribution in [2.24, 2.45) is 5.92 Å². The Hall–Kier alpha value is -1.88. The molecule has 0 bridgehead atoms. The maximum Gasteiger partial charge on any atom is 0.253 e. The van der Waals surface area contributed by atoms with E-state index in [4.69, 9.17) is 0 Å². The molecule has 0 saturated carbocycles. The zero-order valence-corrected chi connectivity index (χ0v) is 14.9. The molecule has 1 fully saturated rings. The van der Waals surface area contributed by atoms with E-state index in [9.17, 15) is 9.59 Å². The SMILES string of the molecule is CC(C)(C)NC(=O)c1ccccc1NC(=O)CCC1CCNCC1. The molecule has 24 heavy (non-hydrogen) atoms. The van der Waals surface area contributed by atoms with Gasteiger partial charge in [0.25, 0.3) is 5.91 Å². The molecule has 0 atom stereocenters. The lowest BCUT2D eigenvalue weighted by Crippen LogP contribution is -2.40. The van der Waals surface area contributed by atoms with Gasteiger partial charge in [-0.3, -0.25) is 9.59 Å². The molecule has 0 spiro atoms. The highest BCUT2D eigenvalue weighted by Gasteiger charge is 2.19. The van der Waals surface area contributed by atoms with Crippen LogP contribution in [0, 0.1) is 5.92 Å². The summed E-state index contributed by atoms with van der Waals surface area (Å²) in [5.74, 6) is 0.428. The average molecular weight is 331 g/mol. The van der Waals surface area contributed by atoms with E-state index in [1.165, 1.54) is 0 Å². The smallest absolute Gasteiger partial charge is 0.253 e. The van der Waals surface area contributed by atoms with E-state index >= 15 is 0 Å². The number of piperidine rings is 1. The number of benzene rings is 1. The van der Waals surface area contributed by atoms with Crippen molar-refractivity contribution in [3.8, 4) is 0 Å². The molecule has 5 nitrogen and oxygen atoms in total. The summed E-state index contributed by atoms with van der Waals surface area (Å²) in [5, 5.41) is 9.17. The van der Waals surface area contributed by atoms with Gasteiger partial charge >= 0.3 is 0 Å². The third kappa shape index (κ3) is 5.96. The maximum absolute atomic E-state index is 12.4. The fraction of sp³-hybridized carbons (Fsp3) is 0.579. The molecule has 1 heterocycles. The van der Waals surface area contributed by atoms with Crippen LogP contribution in [0.3, 0.4) is 0 Å². The largest absolute Gasteiger partial charge is 0.347 e. The average Bonchev–Trinajstić information content (AvgIpc) is 2.53. The molecule has 0 aliphatic carbocycles. The number of carbonyl (C=O) groups excluding carboxylic acids is 2. The van der Waals surface area contributed by atoms with Gasteiger partial charge in [-0.25, -0.2) is 0 Å². The Morgan fingerprint density at radius 2 is 1.83 bits per heavy atom. The number of carbonyl (C=O) groups is 2. The van der Waals surface area contributed by atoms with Gasteiger partial charge < -0.3 is 16.0 Å². The Labute approximate surface area is 144 Å². The minimum atomic E-state index is -0.316. The highest BCUT2D eigenvalue weighted by Crippen LogP contribution is 2.20. The van der Waals surface area contributed by atoms with Crippen LogP contribution in [0.1, 0.15) is 56.8 Å². The van der Waals surface area contributed by atoms with Gasteiger partial charge in [-0.05, 0) is 71.2 Å². The molecule has 0 aromatic heterocycles. The first-order valence-electron chi connectivity index (χ1n) is 8.77. The van der Waals surface area contributed by atoms with Crippen LogP contribution in [0.15, 0.2) is 24.3 Å². The molecule has 132 valence electrons. The first-order valence-corrected chi connectivity index (χ1v) is 8.77. The molecule has 1 aromatic carbocycles. The summed E-state index contributed by atoms with van der Waals surface area (Å²) in [6.07, 6.45) is 3.68. The van der Waals surface area contributed by atoms with E-state index in [1.807, 2.05) is 32.9 Å². The fourth-order valence-electron chi connectivity index (χ4n) is 2.92. The van der Waals surface area contributed by atoms with E-state index in [-0.39, 0.29) is 17.4 Å². The summed E-state index contributed by atoms with van der Waals surface area (Å²) >= 11 is 0. The number of hydrogen-bond donors (Lipinski definition) is 3. The minimum absolute atomic E-state index is 0.0236. The topological polar surface area (TPSA) is 70.2 Å². The van der Waals surface area contributed by atoms with Crippen LogP contribution >= 0.6 is 0 Å². The Morgan fingerprint density at radius 3 is 2.50 bits per heavy atom. The summed E-state index contributed by atoms with van der Waals surface area (Å²) in [7, 11) is 0. The second kappa shape index (κ2) is 8.29. The number of nitrogens with one attached hydrogen (secondary N) is 3. The van der Waals surface area contributed by atoms with E-state index in [1.54, 1.807) is 12.1 Å². The van der Waals surface area contributed by atoms with Gasteiger partial charge in [-0.15, -0.1) is 0 Å². The fourth-order valence-corrected chi connectivity index (χ4v) is 2.92. The first-order chi connectivity index (χ1) is 11.3. The van der Waals surface area contributed by atoms with Crippen LogP contribution in [0.25, 0.3) is 0 Å². The van der Waals surface area contributed by atoms with Crippen molar-refractivity contribution in [3.63, 3.8) is 0 Å². The van der Waals surface area contributed by atoms with E-state index in [0.717, 1.165) is 32.4 Å². The van der Waals surface area contributed by atoms with Crippen LogP contribution in [-0.2, 0) is 4.79 Å². The maximum atomic E-state index is 12.4. The zero-order valence-electron chi connectivity index (χ0n) is 14.9. The molecule has 0 radical (unpaired) electrons. The third-order valence-electron chi connectivity index (χ3n) is 4.17. The molecule has 1 aromatic rings. The predicted octanol–water partition coefficient (Wildman–Crippen LogP) is 2.93. The van der Waals surface area contributed by atoms with Crippen LogP contribution in [0.4, 0.5) is 5.69 Å². The molecule has 2 amide bonds. The van der Waals surface area contributed by atoms with Crippen molar-refractivity contribution in [2.45, 2.75) is 52.0 Å². The summed E-state index contributed by atoms with van der Waals surface area (Å²) in [4.78, 5) is 24.7. The normalized spacial score (nSPS) is 15.8. The van der Waals surface area contributed by atoms with Gasteiger partial charge in [0.1, 0.15) is 0 Å². The lowest BCUT2D eigenvalue weighted by Gasteiger charge is -2.23. The Morgan fingerprint density at radius 1 is 1.17 bits per heavy atom. The number of anilines is 1. The van der Waals surface area contributed by atoms with E-state index in [2.05, 4.69) is 16.0 Å². The van der Waals surface area contributed by atoms with Crippen LogP contribution in [0.2, 0.25) is 0 Å². The van der Waals surface area contributed by atoms with Gasteiger partial charge in [-0.2, -0.15) is 0 Å². The Bertz CT molecular complexity index is 572. The van der Waals surface area contributed by atoms with Crippen LogP contribution in [-0.4, -0.2) is 30.4 Å². The first kappa shape index (κ1) is 18.5. The van der Waals surface area contributed by atoms with Gasteiger partial charge in [-0.1, -0.05) is 12.1 Å². The highest BCUT2D eigenvalue weighted by molar-refractivity contribution is 6.03. The predicted molar refractivity (Wildman–Crippen MR) is 97.1 cm³/mol. The molecule has 1 saturated heterocycles. The summed E-state index contributed by atoms with van der Waals surface area (Å²) in [5.41, 5.74) is 0.764. The summed E-state index contributed by atoms with van der Waals surface area (Å²) in [6.45, 7) is 7.89. The van der Waals surface area contributed by atoms with E-state index < -0.39 is 0 Å². The zero-order chi connectivity index (χ0) is 17.6. The summed E-state index contributed by atoms with van der Waals surface area (Å²) in [6, 6.07) is 7.15. The Balaban J connectivity index is 1.93. The van der Waals surface area contributed by atoms with Gasteiger partial charge in [0.15, 0.2) is 0 Å². The second-order valence-electron chi connectivity index (χ2n) is 7.53. The number of rotatable bonds is 5. The minimum Gasteiger partial charge on any atom is -0.347 e. The van der Waals surface area contributed by atoms with E-state index in [0.29, 0.717) is 23.6 Å². The molecule has 3 N–H and O–H groups in total. The van der Waals surface area contributed by atoms with Crippen molar-refractivity contribution in [1.82, 2.24) is 10.6 Å². The second-order valence-corrected chi connectivity index (χ2v) is 7.53. The molecule has 0 unspecified atom stereocenters. The molecular formula is C19H29N3O2. The lowest BCUT2D eigenvalue weighted by atomic mass is 9.93. The summed E-state index contributed by atoms with van der Waals surface area (Å²) < 4.78 is 0. The highest BCUT2D eigenvalue weighted by atomic mass is 16.2. The third-order valence-corrected chi connectivity index (χ3v) is 4.17. The van der Waals surface area contributed by atoms with Crippen molar-refractivity contribution in [2.75, 3.05) is 18.4 Å². The van der Waals surface area contributed by atoms with Gasteiger partial charge in [0, 0.05) is 12.0 Å². The van der Waals surface area contributed by atoms with Gasteiger partial charge in [0.2, 0.25) is 5.91 Å². The molecule has 1 aliphatic rings. The molecule has 5 heteroatoms. The monoisotopic (exact) mass is 331 g/mol. The van der Waals surface area contributed by atoms with Crippen molar-refractivity contribution >= 4 is 17.5 Å². The van der Waals surface area contributed by atoms with Crippen molar-refractivity contribution in [1.29, 1.82) is 0 Å². The Kier molecular flexibility index (Phi) is 6.37. The molecule has 1 aliphatic heterocycles. The van der Waals surface area contributed by atoms with Gasteiger partial charge in [0.05, 0.1) is 11.3 Å². The number of para-hydroxylation sites is 1. The van der Waals surface area contributed by atoms with Crippen molar-refractivity contribution < 1.29 is 9.59 Å². The number of hydrogen-bond acceptors (Lipinski definition) is 3.